The third-order valence-electron chi connectivity index (χ3n) is 5.05. The minimum absolute atomic E-state index is 0.00557. The highest BCUT2D eigenvalue weighted by Crippen LogP contribution is 2.27. The van der Waals surface area contributed by atoms with Crippen molar-refractivity contribution in [2.24, 2.45) is 0 Å². The molecule has 3 rings (SSSR count). The van der Waals surface area contributed by atoms with Gasteiger partial charge in [0, 0.05) is 19.9 Å². The summed E-state index contributed by atoms with van der Waals surface area (Å²) in [6.45, 7) is 10.00. The van der Waals surface area contributed by atoms with Gasteiger partial charge in [0.2, 0.25) is 5.91 Å². The monoisotopic (exact) mass is 393 g/mol. The first kappa shape index (κ1) is 20.9. The topological polar surface area (TPSA) is 56.2 Å². The van der Waals surface area contributed by atoms with Crippen LogP contribution < -0.4 is 10.1 Å². The van der Waals surface area contributed by atoms with E-state index in [-0.39, 0.29) is 5.91 Å². The lowest BCUT2D eigenvalue weighted by atomic mass is 10.0. The van der Waals surface area contributed by atoms with Crippen LogP contribution in [0.15, 0.2) is 42.5 Å². The zero-order valence-corrected chi connectivity index (χ0v) is 17.9. The summed E-state index contributed by atoms with van der Waals surface area (Å²) in [5, 5.41) is 2.86. The van der Waals surface area contributed by atoms with Gasteiger partial charge in [0.25, 0.3) is 0 Å². The van der Waals surface area contributed by atoms with E-state index in [2.05, 4.69) is 54.9 Å². The Labute approximate surface area is 173 Å². The standard InChI is InChI=1S/C24H31N3O2/c1-17(2)20-12-11-18(3)16-23(20)29-15-14-27-22-9-6-5-8-21(22)26-24(27)10-7-13-25-19(4)28/h5-6,8-9,11-12,16-17H,7,10,13-15H2,1-4H3,(H,25,28). The molecule has 0 atom stereocenters. The van der Waals surface area contributed by atoms with Crippen LogP contribution in [-0.2, 0) is 17.8 Å². The number of nitrogens with one attached hydrogen (secondary N) is 1. The third-order valence-corrected chi connectivity index (χ3v) is 5.05. The highest BCUT2D eigenvalue weighted by atomic mass is 16.5. The molecule has 1 N–H and O–H groups in total. The molecule has 0 saturated carbocycles. The lowest BCUT2D eigenvalue weighted by Gasteiger charge is -2.16. The van der Waals surface area contributed by atoms with Gasteiger partial charge in [0.05, 0.1) is 17.6 Å². The lowest BCUT2D eigenvalue weighted by molar-refractivity contribution is -0.118. The first-order valence-corrected chi connectivity index (χ1v) is 10.4. The Bertz CT molecular complexity index is 975. The number of amides is 1. The molecular weight excluding hydrogens is 362 g/mol. The minimum atomic E-state index is 0.00557. The van der Waals surface area contributed by atoms with Crippen LogP contribution in [0.4, 0.5) is 0 Å². The largest absolute Gasteiger partial charge is 0.491 e. The number of fused-ring (bicyclic) bond motifs is 1. The van der Waals surface area contributed by atoms with E-state index >= 15 is 0 Å². The molecule has 0 aliphatic rings. The molecule has 3 aromatic rings. The van der Waals surface area contributed by atoms with Gasteiger partial charge in [0.15, 0.2) is 0 Å². The predicted octanol–water partition coefficient (Wildman–Crippen LogP) is 4.62. The van der Waals surface area contributed by atoms with Crippen LogP contribution in [-0.4, -0.2) is 28.6 Å². The van der Waals surface area contributed by atoms with Gasteiger partial charge in [-0.2, -0.15) is 0 Å². The molecule has 0 bridgehead atoms. The maximum absolute atomic E-state index is 11.1. The van der Waals surface area contributed by atoms with Gasteiger partial charge >= 0.3 is 0 Å². The van der Waals surface area contributed by atoms with Crippen LogP contribution in [0.25, 0.3) is 11.0 Å². The maximum atomic E-state index is 11.1. The third kappa shape index (κ3) is 5.37. The Kier molecular flexibility index (Phi) is 6.91. The number of ether oxygens (including phenoxy) is 1. The van der Waals surface area contributed by atoms with E-state index in [4.69, 9.17) is 9.72 Å². The fourth-order valence-corrected chi connectivity index (χ4v) is 3.57. The van der Waals surface area contributed by atoms with E-state index in [1.54, 1.807) is 6.92 Å². The second-order valence-electron chi connectivity index (χ2n) is 7.80. The summed E-state index contributed by atoms with van der Waals surface area (Å²) in [5.41, 5.74) is 4.57. The first-order chi connectivity index (χ1) is 14.0. The number of aromatic nitrogens is 2. The number of imidazole rings is 1. The number of hydrogen-bond donors (Lipinski definition) is 1. The van der Waals surface area contributed by atoms with Gasteiger partial charge in [-0.25, -0.2) is 4.98 Å². The van der Waals surface area contributed by atoms with Gasteiger partial charge in [0.1, 0.15) is 18.2 Å². The molecule has 1 amide bonds. The molecule has 0 unspecified atom stereocenters. The molecule has 0 saturated heterocycles. The summed E-state index contributed by atoms with van der Waals surface area (Å²) >= 11 is 0. The Morgan fingerprint density at radius 1 is 1.21 bits per heavy atom. The van der Waals surface area contributed by atoms with Crippen molar-refractivity contribution >= 4 is 16.9 Å². The Balaban J connectivity index is 1.73. The number of benzene rings is 2. The van der Waals surface area contributed by atoms with Gasteiger partial charge < -0.3 is 14.6 Å². The number of carbonyl (C=O) groups excluding carboxylic acids is 1. The molecule has 0 aliphatic heterocycles. The smallest absolute Gasteiger partial charge is 0.216 e. The number of aryl methyl sites for hydroxylation is 2. The normalized spacial score (nSPS) is 11.2. The summed E-state index contributed by atoms with van der Waals surface area (Å²) in [4.78, 5) is 15.9. The summed E-state index contributed by atoms with van der Waals surface area (Å²) in [6, 6.07) is 14.6. The quantitative estimate of drug-likeness (QED) is 0.540. The van der Waals surface area contributed by atoms with Crippen molar-refractivity contribution in [1.82, 2.24) is 14.9 Å². The van der Waals surface area contributed by atoms with Crippen LogP contribution in [0.1, 0.15) is 50.1 Å². The molecule has 0 radical (unpaired) electrons. The van der Waals surface area contributed by atoms with E-state index in [9.17, 15) is 4.79 Å². The zero-order chi connectivity index (χ0) is 20.8. The number of hydrogen-bond acceptors (Lipinski definition) is 3. The van der Waals surface area contributed by atoms with E-state index in [0.717, 1.165) is 42.0 Å². The second kappa shape index (κ2) is 9.59. The van der Waals surface area contributed by atoms with Crippen molar-refractivity contribution in [3.8, 4) is 5.75 Å². The highest BCUT2D eigenvalue weighted by Gasteiger charge is 2.12. The molecule has 29 heavy (non-hydrogen) atoms. The summed E-state index contributed by atoms with van der Waals surface area (Å²) in [6.07, 6.45) is 1.68. The van der Waals surface area contributed by atoms with Crippen LogP contribution in [0.2, 0.25) is 0 Å². The number of para-hydroxylation sites is 2. The van der Waals surface area contributed by atoms with Gasteiger partial charge in [-0.3, -0.25) is 4.79 Å². The molecule has 1 aromatic heterocycles. The fraction of sp³-hybridized carbons (Fsp3) is 0.417. The summed E-state index contributed by atoms with van der Waals surface area (Å²) in [7, 11) is 0. The Morgan fingerprint density at radius 3 is 2.76 bits per heavy atom. The molecular formula is C24H31N3O2. The second-order valence-corrected chi connectivity index (χ2v) is 7.80. The molecule has 5 nitrogen and oxygen atoms in total. The number of rotatable bonds is 9. The molecule has 2 aromatic carbocycles. The summed E-state index contributed by atoms with van der Waals surface area (Å²) in [5.74, 6) is 2.43. The van der Waals surface area contributed by atoms with Crippen LogP contribution in [0, 0.1) is 6.92 Å². The van der Waals surface area contributed by atoms with Gasteiger partial charge in [-0.05, 0) is 48.6 Å². The lowest BCUT2D eigenvalue weighted by Crippen LogP contribution is -2.21. The van der Waals surface area contributed by atoms with E-state index in [1.807, 2.05) is 18.2 Å². The average molecular weight is 394 g/mol. The number of carbonyl (C=O) groups is 1. The highest BCUT2D eigenvalue weighted by molar-refractivity contribution is 5.76. The van der Waals surface area contributed by atoms with Crippen molar-refractivity contribution in [1.29, 1.82) is 0 Å². The van der Waals surface area contributed by atoms with Crippen molar-refractivity contribution in [2.75, 3.05) is 13.2 Å². The first-order valence-electron chi connectivity index (χ1n) is 10.4. The molecule has 0 fully saturated rings. The Morgan fingerprint density at radius 2 is 2.00 bits per heavy atom. The van der Waals surface area contributed by atoms with Crippen molar-refractivity contribution in [3.63, 3.8) is 0 Å². The maximum Gasteiger partial charge on any atom is 0.216 e. The zero-order valence-electron chi connectivity index (χ0n) is 17.9. The molecule has 0 aliphatic carbocycles. The summed E-state index contributed by atoms with van der Waals surface area (Å²) < 4.78 is 8.45. The molecule has 0 spiro atoms. The van der Waals surface area contributed by atoms with E-state index in [0.29, 0.717) is 19.1 Å². The SMILES string of the molecule is CC(=O)NCCCc1nc2ccccc2n1CCOc1cc(C)ccc1C(C)C. The van der Waals surface area contributed by atoms with Crippen LogP contribution in [0.3, 0.4) is 0 Å². The molecule has 154 valence electrons. The number of nitrogens with zero attached hydrogens (tertiary/aromatic N) is 2. The Hall–Kier alpha value is -2.82. The average Bonchev–Trinajstić information content (AvgIpc) is 3.02. The van der Waals surface area contributed by atoms with Gasteiger partial charge in [-0.15, -0.1) is 0 Å². The minimum Gasteiger partial charge on any atom is -0.491 e. The molecule has 1 heterocycles. The van der Waals surface area contributed by atoms with Crippen LogP contribution in [0.5, 0.6) is 5.75 Å². The van der Waals surface area contributed by atoms with E-state index in [1.165, 1.54) is 11.1 Å². The van der Waals surface area contributed by atoms with Gasteiger partial charge in [-0.1, -0.05) is 38.1 Å². The van der Waals surface area contributed by atoms with Crippen molar-refractivity contribution in [2.45, 2.75) is 53.0 Å². The van der Waals surface area contributed by atoms with Crippen LogP contribution >= 0.6 is 0 Å². The van der Waals surface area contributed by atoms with Crippen molar-refractivity contribution < 1.29 is 9.53 Å². The van der Waals surface area contributed by atoms with E-state index < -0.39 is 0 Å². The predicted molar refractivity (Wildman–Crippen MR) is 118 cm³/mol. The molecule has 5 heteroatoms. The van der Waals surface area contributed by atoms with Crippen molar-refractivity contribution in [3.05, 3.63) is 59.4 Å². The fourth-order valence-electron chi connectivity index (χ4n) is 3.57.